The molecule has 23 heavy (non-hydrogen) atoms. The molecule has 1 saturated heterocycles. The lowest BCUT2D eigenvalue weighted by Crippen LogP contribution is -2.36. The number of aromatic nitrogens is 4. The number of nitrogens with zero attached hydrogens (tertiary/aromatic N) is 6. The number of likely N-dealkylation sites (tertiary alicyclic amines) is 1. The van der Waals surface area contributed by atoms with E-state index in [1.807, 2.05) is 31.4 Å². The second-order valence-electron chi connectivity index (χ2n) is 6.10. The Labute approximate surface area is 135 Å². The van der Waals surface area contributed by atoms with Gasteiger partial charge in [0.2, 0.25) is 5.95 Å². The van der Waals surface area contributed by atoms with E-state index in [1.54, 1.807) is 23.0 Å². The Morgan fingerprint density at radius 2 is 2.09 bits per heavy atom. The van der Waals surface area contributed by atoms with Crippen molar-refractivity contribution in [3.05, 3.63) is 46.6 Å². The van der Waals surface area contributed by atoms with Crippen LogP contribution in [-0.4, -0.2) is 51.3 Å². The molecule has 0 aliphatic carbocycles. The fourth-order valence-corrected chi connectivity index (χ4v) is 2.93. The maximum absolute atomic E-state index is 11.8. The molecule has 0 saturated carbocycles. The highest BCUT2D eigenvalue weighted by molar-refractivity contribution is 5.26. The van der Waals surface area contributed by atoms with Crippen molar-refractivity contribution in [3.63, 3.8) is 0 Å². The average molecular weight is 314 g/mol. The van der Waals surface area contributed by atoms with Gasteiger partial charge in [0, 0.05) is 56.9 Å². The first-order valence-electron chi connectivity index (χ1n) is 7.88. The van der Waals surface area contributed by atoms with Gasteiger partial charge in [-0.1, -0.05) is 0 Å². The fourth-order valence-electron chi connectivity index (χ4n) is 2.93. The van der Waals surface area contributed by atoms with Crippen molar-refractivity contribution in [3.8, 4) is 0 Å². The molecule has 0 amide bonds. The van der Waals surface area contributed by atoms with E-state index in [2.05, 4.69) is 20.0 Å². The Morgan fingerprint density at radius 3 is 2.78 bits per heavy atom. The molecule has 1 atom stereocenters. The smallest absolute Gasteiger partial charge is 0.266 e. The van der Waals surface area contributed by atoms with Crippen LogP contribution >= 0.6 is 0 Å². The zero-order valence-corrected chi connectivity index (χ0v) is 13.6. The minimum Gasteiger partial charge on any atom is -0.347 e. The van der Waals surface area contributed by atoms with Gasteiger partial charge in [-0.2, -0.15) is 5.10 Å². The first kappa shape index (κ1) is 15.6. The van der Waals surface area contributed by atoms with Crippen molar-refractivity contribution >= 4 is 5.95 Å². The van der Waals surface area contributed by atoms with Crippen LogP contribution in [0.25, 0.3) is 0 Å². The standard InChI is InChI=1S/C16H22N6O/c1-20(2)16-17-9-13(10-18-16)11-21-8-4-5-14(21)12-22-15(23)6-3-7-19-22/h3,6-7,9-10,14H,4-5,8,11-12H2,1-2H3. The van der Waals surface area contributed by atoms with Gasteiger partial charge in [-0.05, 0) is 25.5 Å². The number of hydrogen-bond acceptors (Lipinski definition) is 6. The van der Waals surface area contributed by atoms with Gasteiger partial charge in [0.15, 0.2) is 0 Å². The monoisotopic (exact) mass is 314 g/mol. The van der Waals surface area contributed by atoms with E-state index in [0.29, 0.717) is 18.5 Å². The van der Waals surface area contributed by atoms with E-state index in [9.17, 15) is 4.79 Å². The Balaban J connectivity index is 1.67. The molecule has 0 N–H and O–H groups in total. The van der Waals surface area contributed by atoms with E-state index in [4.69, 9.17) is 0 Å². The molecule has 1 fully saturated rings. The summed E-state index contributed by atoms with van der Waals surface area (Å²) in [5, 5.41) is 4.16. The average Bonchev–Trinajstić information content (AvgIpc) is 2.97. The van der Waals surface area contributed by atoms with Crippen LogP contribution in [0.1, 0.15) is 18.4 Å². The number of rotatable bonds is 5. The summed E-state index contributed by atoms with van der Waals surface area (Å²) in [5.74, 6) is 0.715. The Bertz CT molecular complexity index is 696. The maximum Gasteiger partial charge on any atom is 0.266 e. The lowest BCUT2D eigenvalue weighted by molar-refractivity contribution is 0.216. The summed E-state index contributed by atoms with van der Waals surface area (Å²) >= 11 is 0. The van der Waals surface area contributed by atoms with Crippen molar-refractivity contribution in [1.82, 2.24) is 24.6 Å². The Kier molecular flexibility index (Phi) is 4.66. The SMILES string of the molecule is CN(C)c1ncc(CN2CCCC2Cn2ncccc2=O)cn1. The third-order valence-electron chi connectivity index (χ3n) is 4.15. The third kappa shape index (κ3) is 3.73. The van der Waals surface area contributed by atoms with Crippen LogP contribution in [0.2, 0.25) is 0 Å². The maximum atomic E-state index is 11.8. The summed E-state index contributed by atoms with van der Waals surface area (Å²) in [6.45, 7) is 2.47. The van der Waals surface area contributed by atoms with Crippen LogP contribution in [0.4, 0.5) is 5.95 Å². The third-order valence-corrected chi connectivity index (χ3v) is 4.15. The zero-order chi connectivity index (χ0) is 16.2. The van der Waals surface area contributed by atoms with E-state index in [0.717, 1.165) is 31.5 Å². The van der Waals surface area contributed by atoms with Crippen molar-refractivity contribution < 1.29 is 0 Å². The van der Waals surface area contributed by atoms with Gasteiger partial charge in [0.1, 0.15) is 0 Å². The molecular weight excluding hydrogens is 292 g/mol. The predicted molar refractivity (Wildman–Crippen MR) is 88.3 cm³/mol. The highest BCUT2D eigenvalue weighted by Gasteiger charge is 2.25. The summed E-state index contributed by atoms with van der Waals surface area (Å²) in [7, 11) is 3.85. The van der Waals surface area contributed by atoms with Gasteiger partial charge < -0.3 is 4.90 Å². The van der Waals surface area contributed by atoms with Crippen molar-refractivity contribution in [2.45, 2.75) is 32.0 Å². The second kappa shape index (κ2) is 6.87. The number of hydrogen-bond donors (Lipinski definition) is 0. The van der Waals surface area contributed by atoms with Gasteiger partial charge in [-0.15, -0.1) is 0 Å². The van der Waals surface area contributed by atoms with E-state index >= 15 is 0 Å². The molecule has 0 spiro atoms. The Hall–Kier alpha value is -2.28. The van der Waals surface area contributed by atoms with Gasteiger partial charge in [0.25, 0.3) is 5.56 Å². The lowest BCUT2D eigenvalue weighted by Gasteiger charge is -2.24. The molecule has 122 valence electrons. The molecule has 2 aromatic rings. The van der Waals surface area contributed by atoms with E-state index < -0.39 is 0 Å². The summed E-state index contributed by atoms with van der Waals surface area (Å²) in [5.41, 5.74) is 1.05. The molecule has 1 unspecified atom stereocenters. The molecule has 1 aliphatic heterocycles. The molecule has 0 radical (unpaired) electrons. The summed E-state index contributed by atoms with van der Waals surface area (Å²) < 4.78 is 1.55. The van der Waals surface area contributed by atoms with Gasteiger partial charge in [-0.25, -0.2) is 14.6 Å². The quantitative estimate of drug-likeness (QED) is 0.812. The van der Waals surface area contributed by atoms with Crippen molar-refractivity contribution in [1.29, 1.82) is 0 Å². The molecule has 0 bridgehead atoms. The molecule has 7 nitrogen and oxygen atoms in total. The number of anilines is 1. The lowest BCUT2D eigenvalue weighted by atomic mass is 10.2. The minimum absolute atomic E-state index is 0.0435. The Morgan fingerprint density at radius 1 is 1.30 bits per heavy atom. The molecule has 3 rings (SSSR count). The molecule has 7 heteroatoms. The zero-order valence-electron chi connectivity index (χ0n) is 13.6. The highest BCUT2D eigenvalue weighted by Crippen LogP contribution is 2.20. The first-order valence-corrected chi connectivity index (χ1v) is 7.88. The highest BCUT2D eigenvalue weighted by atomic mass is 16.1. The minimum atomic E-state index is -0.0435. The molecule has 0 aromatic carbocycles. The van der Waals surface area contributed by atoms with Gasteiger partial charge in [0.05, 0.1) is 6.54 Å². The molecule has 2 aromatic heterocycles. The van der Waals surface area contributed by atoms with E-state index in [1.165, 1.54) is 0 Å². The fraction of sp³-hybridized carbons (Fsp3) is 0.500. The molecule has 3 heterocycles. The molecular formula is C16H22N6O. The van der Waals surface area contributed by atoms with Gasteiger partial charge in [-0.3, -0.25) is 9.69 Å². The van der Waals surface area contributed by atoms with Crippen LogP contribution < -0.4 is 10.5 Å². The first-order chi connectivity index (χ1) is 11.1. The molecule has 1 aliphatic rings. The topological polar surface area (TPSA) is 67.2 Å². The van der Waals surface area contributed by atoms with Crippen molar-refractivity contribution in [2.24, 2.45) is 0 Å². The van der Waals surface area contributed by atoms with E-state index in [-0.39, 0.29) is 5.56 Å². The largest absolute Gasteiger partial charge is 0.347 e. The second-order valence-corrected chi connectivity index (χ2v) is 6.10. The summed E-state index contributed by atoms with van der Waals surface area (Å²) in [4.78, 5) is 24.8. The van der Waals surface area contributed by atoms with Crippen LogP contribution in [0.3, 0.4) is 0 Å². The van der Waals surface area contributed by atoms with Crippen LogP contribution in [0, 0.1) is 0 Å². The van der Waals surface area contributed by atoms with Crippen LogP contribution in [0.5, 0.6) is 0 Å². The summed E-state index contributed by atoms with van der Waals surface area (Å²) in [6, 6.07) is 3.56. The summed E-state index contributed by atoms with van der Waals surface area (Å²) in [6.07, 6.45) is 7.65. The van der Waals surface area contributed by atoms with Crippen molar-refractivity contribution in [2.75, 3.05) is 25.5 Å². The van der Waals surface area contributed by atoms with Crippen LogP contribution in [0.15, 0.2) is 35.5 Å². The van der Waals surface area contributed by atoms with Crippen LogP contribution in [-0.2, 0) is 13.1 Å². The predicted octanol–water partition coefficient (Wildman–Crippen LogP) is 0.764. The normalized spacial score (nSPS) is 18.3. The van der Waals surface area contributed by atoms with Gasteiger partial charge >= 0.3 is 0 Å².